The second-order valence-corrected chi connectivity index (χ2v) is 4.23. The second-order valence-electron chi connectivity index (χ2n) is 3.67. The van der Waals surface area contributed by atoms with Crippen molar-refractivity contribution in [3.8, 4) is 0 Å². The third-order valence-corrected chi connectivity index (χ3v) is 3.03. The summed E-state index contributed by atoms with van der Waals surface area (Å²) in [4.78, 5) is 0. The largest absolute Gasteiger partial charge is 0.416 e. The van der Waals surface area contributed by atoms with Gasteiger partial charge in [0.15, 0.2) is 0 Å². The van der Waals surface area contributed by atoms with Crippen molar-refractivity contribution in [2.45, 2.75) is 12.2 Å². The lowest BCUT2D eigenvalue weighted by Crippen LogP contribution is -2.18. The van der Waals surface area contributed by atoms with Crippen molar-refractivity contribution < 1.29 is 13.2 Å². The highest BCUT2D eigenvalue weighted by molar-refractivity contribution is 6.99. The van der Waals surface area contributed by atoms with E-state index in [1.54, 1.807) is 13.2 Å². The van der Waals surface area contributed by atoms with Gasteiger partial charge >= 0.3 is 6.18 Å². The first-order valence-corrected chi connectivity index (χ1v) is 5.87. The summed E-state index contributed by atoms with van der Waals surface area (Å²) in [6, 6.07) is 4.79. The van der Waals surface area contributed by atoms with Crippen LogP contribution in [0.1, 0.15) is 22.9 Å². The summed E-state index contributed by atoms with van der Waals surface area (Å²) >= 11 is 1.07. The minimum absolute atomic E-state index is 0.244. The van der Waals surface area contributed by atoms with Gasteiger partial charge in [-0.2, -0.15) is 21.9 Å². The van der Waals surface area contributed by atoms with Gasteiger partial charge in [-0.15, -0.1) is 0 Å². The first-order chi connectivity index (χ1) is 8.52. The maximum Gasteiger partial charge on any atom is 0.416 e. The summed E-state index contributed by atoms with van der Waals surface area (Å²) in [7, 11) is 1.72. The van der Waals surface area contributed by atoms with Gasteiger partial charge < -0.3 is 5.32 Å². The van der Waals surface area contributed by atoms with Crippen LogP contribution in [0.15, 0.2) is 30.5 Å². The van der Waals surface area contributed by atoms with Crippen molar-refractivity contribution in [2.24, 2.45) is 0 Å². The van der Waals surface area contributed by atoms with E-state index < -0.39 is 11.7 Å². The number of nitrogens with one attached hydrogen (secondary N) is 1. The lowest BCUT2D eigenvalue weighted by atomic mass is 10.0. The lowest BCUT2D eigenvalue weighted by molar-refractivity contribution is -0.137. The minimum atomic E-state index is -4.31. The quantitative estimate of drug-likeness (QED) is 0.934. The zero-order chi connectivity index (χ0) is 13.2. The van der Waals surface area contributed by atoms with Crippen LogP contribution in [-0.2, 0) is 6.18 Å². The molecule has 0 radical (unpaired) electrons. The Balaban J connectivity index is 2.28. The predicted octanol–water partition coefficient (Wildman–Crippen LogP) is 2.87. The Morgan fingerprint density at radius 1 is 1.22 bits per heavy atom. The molecule has 0 aliphatic carbocycles. The van der Waals surface area contributed by atoms with Gasteiger partial charge in [0, 0.05) is 0 Å². The number of nitrogens with zero attached hydrogens (tertiary/aromatic N) is 2. The molecule has 0 spiro atoms. The Labute approximate surface area is 106 Å². The van der Waals surface area contributed by atoms with Gasteiger partial charge in [-0.1, -0.05) is 12.1 Å². The van der Waals surface area contributed by atoms with Crippen LogP contribution in [-0.4, -0.2) is 15.8 Å². The monoisotopic (exact) mass is 273 g/mol. The summed E-state index contributed by atoms with van der Waals surface area (Å²) in [6.07, 6.45) is -2.71. The number of hydrogen-bond donors (Lipinski definition) is 1. The molecule has 1 unspecified atom stereocenters. The third-order valence-electron chi connectivity index (χ3n) is 2.53. The molecular formula is C11H10F3N3S. The summed E-state index contributed by atoms with van der Waals surface area (Å²) in [5, 5.41) is 3.00. The van der Waals surface area contributed by atoms with Crippen molar-refractivity contribution in [1.82, 2.24) is 14.1 Å². The second kappa shape index (κ2) is 5.03. The van der Waals surface area contributed by atoms with Gasteiger partial charge in [0.2, 0.25) is 0 Å². The van der Waals surface area contributed by atoms with Crippen molar-refractivity contribution >= 4 is 11.7 Å². The maximum absolute atomic E-state index is 12.4. The predicted molar refractivity (Wildman–Crippen MR) is 62.3 cm³/mol. The maximum atomic E-state index is 12.4. The van der Waals surface area contributed by atoms with E-state index in [1.165, 1.54) is 12.1 Å². The fourth-order valence-corrected chi connectivity index (χ4v) is 2.10. The van der Waals surface area contributed by atoms with Crippen molar-refractivity contribution in [3.63, 3.8) is 0 Å². The molecule has 0 saturated carbocycles. The molecule has 1 aromatic carbocycles. The molecular weight excluding hydrogens is 263 g/mol. The van der Waals surface area contributed by atoms with E-state index in [9.17, 15) is 13.2 Å². The summed E-state index contributed by atoms with van der Waals surface area (Å²) in [5.41, 5.74) is 0.762. The number of halogens is 3. The molecule has 96 valence electrons. The van der Waals surface area contributed by atoms with Crippen LogP contribution >= 0.6 is 11.7 Å². The first kappa shape index (κ1) is 13.0. The van der Waals surface area contributed by atoms with Gasteiger partial charge in [0.25, 0.3) is 0 Å². The van der Waals surface area contributed by atoms with Crippen LogP contribution in [0.25, 0.3) is 0 Å². The zero-order valence-corrected chi connectivity index (χ0v) is 10.2. The van der Waals surface area contributed by atoms with Crippen LogP contribution in [0.2, 0.25) is 0 Å². The van der Waals surface area contributed by atoms with E-state index in [4.69, 9.17) is 0 Å². The van der Waals surface area contributed by atoms with Gasteiger partial charge in [0.05, 0.1) is 35.2 Å². The van der Waals surface area contributed by atoms with Crippen LogP contribution in [0.4, 0.5) is 13.2 Å². The number of benzene rings is 1. The SMILES string of the molecule is CNC(c1ccc(C(F)(F)F)cc1)c1cnsn1. The molecule has 18 heavy (non-hydrogen) atoms. The average molecular weight is 273 g/mol. The number of alkyl halides is 3. The van der Waals surface area contributed by atoms with Gasteiger partial charge in [0.1, 0.15) is 0 Å². The Hall–Kier alpha value is -1.47. The smallest absolute Gasteiger partial charge is 0.308 e. The Morgan fingerprint density at radius 2 is 1.89 bits per heavy atom. The van der Waals surface area contributed by atoms with E-state index >= 15 is 0 Å². The van der Waals surface area contributed by atoms with Crippen molar-refractivity contribution in [2.75, 3.05) is 7.05 Å². The summed E-state index contributed by atoms with van der Waals surface area (Å²) in [5.74, 6) is 0. The fourth-order valence-electron chi connectivity index (χ4n) is 1.65. The molecule has 1 heterocycles. The molecule has 1 aromatic heterocycles. The van der Waals surface area contributed by atoms with E-state index in [-0.39, 0.29) is 6.04 Å². The van der Waals surface area contributed by atoms with Crippen LogP contribution in [0.3, 0.4) is 0 Å². The van der Waals surface area contributed by atoms with E-state index in [0.29, 0.717) is 5.69 Å². The Bertz CT molecular complexity index is 493. The van der Waals surface area contributed by atoms with Crippen molar-refractivity contribution in [3.05, 3.63) is 47.3 Å². The van der Waals surface area contributed by atoms with E-state index in [1.807, 2.05) is 0 Å². The highest BCUT2D eigenvalue weighted by Gasteiger charge is 2.30. The minimum Gasteiger partial charge on any atom is -0.308 e. The number of aromatic nitrogens is 2. The van der Waals surface area contributed by atoms with Gasteiger partial charge in [-0.3, -0.25) is 0 Å². The fraction of sp³-hybridized carbons (Fsp3) is 0.273. The Morgan fingerprint density at radius 3 is 2.33 bits per heavy atom. The lowest BCUT2D eigenvalue weighted by Gasteiger charge is -2.14. The summed E-state index contributed by atoms with van der Waals surface area (Å²) < 4.78 is 45.3. The molecule has 2 rings (SSSR count). The molecule has 7 heteroatoms. The van der Waals surface area contributed by atoms with Crippen molar-refractivity contribution in [1.29, 1.82) is 0 Å². The number of hydrogen-bond acceptors (Lipinski definition) is 4. The zero-order valence-electron chi connectivity index (χ0n) is 9.40. The standard InChI is InChI=1S/C11H10F3N3S/c1-15-10(9-6-16-18-17-9)7-2-4-8(5-3-7)11(12,13)14/h2-6,10,15H,1H3. The molecule has 1 N–H and O–H groups in total. The molecule has 3 nitrogen and oxygen atoms in total. The van der Waals surface area contributed by atoms with Gasteiger partial charge in [-0.25, -0.2) is 0 Å². The highest BCUT2D eigenvalue weighted by atomic mass is 32.1. The molecule has 1 atom stereocenters. The topological polar surface area (TPSA) is 37.8 Å². The molecule has 0 fully saturated rings. The average Bonchev–Trinajstić information content (AvgIpc) is 2.83. The molecule has 0 aliphatic heterocycles. The molecule has 0 aliphatic rings. The van der Waals surface area contributed by atoms with Gasteiger partial charge in [-0.05, 0) is 24.7 Å². The van der Waals surface area contributed by atoms with E-state index in [2.05, 4.69) is 14.1 Å². The molecule has 2 aromatic rings. The number of rotatable bonds is 3. The molecule has 0 bridgehead atoms. The molecule has 0 saturated heterocycles. The van der Waals surface area contributed by atoms with Crippen LogP contribution < -0.4 is 5.32 Å². The Kier molecular flexibility index (Phi) is 3.63. The summed E-state index contributed by atoms with van der Waals surface area (Å²) in [6.45, 7) is 0. The van der Waals surface area contributed by atoms with Crippen LogP contribution in [0.5, 0.6) is 0 Å². The first-order valence-electron chi connectivity index (χ1n) is 5.14. The normalized spacial score (nSPS) is 13.6. The third kappa shape index (κ3) is 2.68. The van der Waals surface area contributed by atoms with Crippen LogP contribution in [0, 0.1) is 0 Å². The highest BCUT2D eigenvalue weighted by Crippen LogP contribution is 2.30. The van der Waals surface area contributed by atoms with E-state index in [0.717, 1.165) is 29.4 Å². The molecule has 0 amide bonds.